The molecule has 0 saturated carbocycles. The van der Waals surface area contributed by atoms with Gasteiger partial charge in [0.2, 0.25) is 15.8 Å². The van der Waals surface area contributed by atoms with Crippen LogP contribution in [0.3, 0.4) is 0 Å². The molecule has 13 heteroatoms. The summed E-state index contributed by atoms with van der Waals surface area (Å²) >= 11 is 0. The number of para-hydroxylation sites is 1. The second-order valence-corrected chi connectivity index (χ2v) is 11.5. The van der Waals surface area contributed by atoms with Crippen LogP contribution in [0.2, 0.25) is 0 Å². The summed E-state index contributed by atoms with van der Waals surface area (Å²) in [7, 11) is -3.75. The molecule has 9 nitrogen and oxygen atoms in total. The summed E-state index contributed by atoms with van der Waals surface area (Å²) in [5.74, 6) is -2.34. The normalized spacial score (nSPS) is 11.6. The number of nitrogen functional groups attached to an aromatic ring is 1. The highest BCUT2D eigenvalue weighted by Gasteiger charge is 2.23. The van der Waals surface area contributed by atoms with Gasteiger partial charge in [0.25, 0.3) is 0 Å². The number of benzene rings is 3. The Morgan fingerprint density at radius 3 is 2.55 bits per heavy atom. The molecule has 0 amide bonds. The molecule has 42 heavy (non-hydrogen) atoms. The number of rotatable bonds is 10. The minimum Gasteiger partial charge on any atom is -0.454 e. The standard InChI is InChI=1S/C29H26F3N5O4S/c1-16-10-18-12-25(35-24(18)14-23(16)36-42(39,40)9-5-8-30)28(38)20-15-34-37(29(20)33)27-17(2)11-19(13-22(27)32)41-26-7-4-3-6-21(26)31/h3-4,6-7,10-15,35-36H,5,8-9,33H2,1-2H3. The maximum Gasteiger partial charge on any atom is 0.232 e. The molecule has 0 bridgehead atoms. The number of anilines is 2. The maximum atomic E-state index is 15.3. The lowest BCUT2D eigenvalue weighted by molar-refractivity contribution is 0.103. The van der Waals surface area contributed by atoms with E-state index in [0.29, 0.717) is 27.7 Å². The number of aromatic amines is 1. The fourth-order valence-corrected chi connectivity index (χ4v) is 5.68. The molecule has 3 aromatic carbocycles. The first-order valence-corrected chi connectivity index (χ1v) is 14.4. The number of sulfonamides is 1. The molecule has 5 aromatic rings. The van der Waals surface area contributed by atoms with Gasteiger partial charge in [-0.25, -0.2) is 21.9 Å². The van der Waals surface area contributed by atoms with Crippen molar-refractivity contribution >= 4 is 38.2 Å². The highest BCUT2D eigenvalue weighted by Crippen LogP contribution is 2.32. The SMILES string of the molecule is Cc1cc2cc(C(=O)c3cnn(-c4c(C)cc(Oc5ccccc5F)cc4F)c3N)[nH]c2cc1NS(=O)(=O)CCCF. The van der Waals surface area contributed by atoms with Crippen LogP contribution in [0.5, 0.6) is 11.5 Å². The predicted molar refractivity (Wildman–Crippen MR) is 154 cm³/mol. The minimum atomic E-state index is -3.75. The summed E-state index contributed by atoms with van der Waals surface area (Å²) in [5.41, 5.74) is 8.16. The number of aryl methyl sites for hydroxylation is 2. The van der Waals surface area contributed by atoms with Crippen molar-refractivity contribution in [1.82, 2.24) is 14.8 Å². The first kappa shape index (κ1) is 28.7. The second kappa shape index (κ2) is 11.2. The number of nitrogens with two attached hydrogens (primary N) is 1. The fraction of sp³-hybridized carbons (Fsp3) is 0.172. The molecule has 0 saturated heterocycles. The number of halogens is 3. The van der Waals surface area contributed by atoms with Gasteiger partial charge in [-0.1, -0.05) is 12.1 Å². The third-order valence-corrected chi connectivity index (χ3v) is 7.93. The predicted octanol–water partition coefficient (Wildman–Crippen LogP) is 5.96. The van der Waals surface area contributed by atoms with Gasteiger partial charge < -0.3 is 15.5 Å². The number of ether oxygens (including phenoxy) is 1. The van der Waals surface area contributed by atoms with Crippen molar-refractivity contribution in [2.45, 2.75) is 20.3 Å². The molecular weight excluding hydrogens is 571 g/mol. The molecule has 0 fully saturated rings. The van der Waals surface area contributed by atoms with Crippen LogP contribution in [0.1, 0.15) is 33.6 Å². The number of carbonyl (C=O) groups excluding carboxylic acids is 1. The van der Waals surface area contributed by atoms with Gasteiger partial charge in [-0.3, -0.25) is 13.9 Å². The van der Waals surface area contributed by atoms with Crippen molar-refractivity contribution in [2.75, 3.05) is 22.9 Å². The highest BCUT2D eigenvalue weighted by molar-refractivity contribution is 7.92. The van der Waals surface area contributed by atoms with E-state index in [-0.39, 0.29) is 46.4 Å². The van der Waals surface area contributed by atoms with Gasteiger partial charge in [0.1, 0.15) is 17.3 Å². The van der Waals surface area contributed by atoms with Crippen LogP contribution >= 0.6 is 0 Å². The molecule has 2 heterocycles. The minimum absolute atomic E-state index is 0.00982. The Morgan fingerprint density at radius 1 is 1.07 bits per heavy atom. The van der Waals surface area contributed by atoms with Crippen molar-refractivity contribution in [3.63, 3.8) is 0 Å². The molecule has 0 aliphatic heterocycles. The average Bonchev–Trinajstić information content (AvgIpc) is 3.51. The van der Waals surface area contributed by atoms with Crippen molar-refractivity contribution < 1.29 is 31.1 Å². The monoisotopic (exact) mass is 597 g/mol. The summed E-state index contributed by atoms with van der Waals surface area (Å²) in [6.07, 6.45) is 1.10. The zero-order valence-corrected chi connectivity index (χ0v) is 23.4. The zero-order valence-electron chi connectivity index (χ0n) is 22.5. The van der Waals surface area contributed by atoms with Gasteiger partial charge in [0.15, 0.2) is 17.4 Å². The topological polar surface area (TPSA) is 132 Å². The van der Waals surface area contributed by atoms with Gasteiger partial charge in [0, 0.05) is 17.0 Å². The van der Waals surface area contributed by atoms with E-state index in [1.165, 1.54) is 30.5 Å². The van der Waals surface area contributed by atoms with Gasteiger partial charge >= 0.3 is 0 Å². The van der Waals surface area contributed by atoms with Crippen LogP contribution < -0.4 is 15.2 Å². The maximum absolute atomic E-state index is 15.3. The van der Waals surface area contributed by atoms with E-state index in [2.05, 4.69) is 14.8 Å². The van der Waals surface area contributed by atoms with Gasteiger partial charge in [0.05, 0.1) is 35.6 Å². The number of hydrogen-bond acceptors (Lipinski definition) is 6. The second-order valence-electron chi connectivity index (χ2n) is 9.69. The molecule has 2 aromatic heterocycles. The van der Waals surface area contributed by atoms with E-state index >= 15 is 4.39 Å². The Labute approximate surface area is 239 Å². The molecule has 5 rings (SSSR count). The lowest BCUT2D eigenvalue weighted by Gasteiger charge is -2.13. The molecular formula is C29H26F3N5O4S. The van der Waals surface area contributed by atoms with Crippen LogP contribution in [0.4, 0.5) is 24.7 Å². The van der Waals surface area contributed by atoms with Crippen molar-refractivity contribution in [1.29, 1.82) is 0 Å². The van der Waals surface area contributed by atoms with Gasteiger partial charge in [-0.05, 0) is 67.8 Å². The van der Waals surface area contributed by atoms with Gasteiger partial charge in [-0.15, -0.1) is 0 Å². The fourth-order valence-electron chi connectivity index (χ4n) is 4.53. The number of hydrogen-bond donors (Lipinski definition) is 3. The van der Waals surface area contributed by atoms with E-state index in [9.17, 15) is 22.0 Å². The Morgan fingerprint density at radius 2 is 1.83 bits per heavy atom. The average molecular weight is 598 g/mol. The Kier molecular flexibility index (Phi) is 7.69. The van der Waals surface area contributed by atoms with Crippen LogP contribution in [0, 0.1) is 25.5 Å². The number of fused-ring (bicyclic) bond motifs is 1. The van der Waals surface area contributed by atoms with Gasteiger partial charge in [-0.2, -0.15) is 5.10 Å². The highest BCUT2D eigenvalue weighted by atomic mass is 32.2. The van der Waals surface area contributed by atoms with E-state index < -0.39 is 34.1 Å². The molecule has 0 atom stereocenters. The number of ketones is 1. The Bertz CT molecular complexity index is 1910. The molecule has 0 aliphatic carbocycles. The largest absolute Gasteiger partial charge is 0.454 e. The lowest BCUT2D eigenvalue weighted by Crippen LogP contribution is -2.17. The van der Waals surface area contributed by atoms with E-state index in [4.69, 9.17) is 10.5 Å². The number of nitrogens with one attached hydrogen (secondary N) is 2. The number of aromatic nitrogens is 3. The summed E-state index contributed by atoms with van der Waals surface area (Å²) < 4.78 is 75.3. The van der Waals surface area contributed by atoms with Crippen molar-refractivity contribution in [3.8, 4) is 17.2 Å². The van der Waals surface area contributed by atoms with Crippen LogP contribution in [-0.4, -0.2) is 41.4 Å². The first-order valence-electron chi connectivity index (χ1n) is 12.8. The molecule has 218 valence electrons. The van der Waals surface area contributed by atoms with Crippen molar-refractivity contribution in [3.05, 3.63) is 94.8 Å². The molecule has 4 N–H and O–H groups in total. The molecule has 0 spiro atoms. The molecule has 0 unspecified atom stereocenters. The third kappa shape index (κ3) is 5.68. The molecule has 0 aliphatic rings. The van der Waals surface area contributed by atoms with Crippen LogP contribution in [0.25, 0.3) is 16.6 Å². The third-order valence-electron chi connectivity index (χ3n) is 6.58. The van der Waals surface area contributed by atoms with Crippen LogP contribution in [-0.2, 0) is 10.0 Å². The van der Waals surface area contributed by atoms with Crippen molar-refractivity contribution in [2.24, 2.45) is 0 Å². The number of H-pyrrole nitrogens is 1. The van der Waals surface area contributed by atoms with E-state index in [1.807, 2.05) is 0 Å². The Balaban J connectivity index is 1.42. The summed E-state index contributed by atoms with van der Waals surface area (Å²) in [6, 6.07) is 13.1. The summed E-state index contributed by atoms with van der Waals surface area (Å²) in [5, 5.41) is 4.78. The Hall–Kier alpha value is -4.78. The summed E-state index contributed by atoms with van der Waals surface area (Å²) in [4.78, 5) is 16.4. The quantitative estimate of drug-likeness (QED) is 0.170. The first-order chi connectivity index (χ1) is 20.0. The number of carbonyl (C=O) groups is 1. The van der Waals surface area contributed by atoms with E-state index in [1.54, 1.807) is 38.1 Å². The number of alkyl halides is 1. The molecule has 0 radical (unpaired) electrons. The van der Waals surface area contributed by atoms with Crippen LogP contribution in [0.15, 0.2) is 60.8 Å². The zero-order chi connectivity index (χ0) is 30.2. The lowest BCUT2D eigenvalue weighted by atomic mass is 10.1. The van der Waals surface area contributed by atoms with E-state index in [0.717, 1.165) is 10.7 Å². The smallest absolute Gasteiger partial charge is 0.232 e. The summed E-state index contributed by atoms with van der Waals surface area (Å²) in [6.45, 7) is 2.55. The number of nitrogens with zero attached hydrogens (tertiary/aromatic N) is 2.